The molecule has 1 saturated carbocycles. The SMILES string of the molecule is C[C@](C(=O)OC1C[N+]2(CCc3ccc(F)cc3)CCC1CC2)(c1ccccc1)C1CCCCC1.Cc1ccc(S(=O)(=O)[O-])cc1. The molecule has 242 valence electrons. The molecule has 7 rings (SSSR count). The van der Waals surface area contributed by atoms with Crippen molar-refractivity contribution in [3.8, 4) is 0 Å². The van der Waals surface area contributed by atoms with Crippen molar-refractivity contribution < 1.29 is 31.4 Å². The lowest BCUT2D eigenvalue weighted by atomic mass is 9.66. The van der Waals surface area contributed by atoms with Crippen LogP contribution in [0.15, 0.2) is 83.8 Å². The Kier molecular flexibility index (Phi) is 10.5. The number of rotatable bonds is 8. The van der Waals surface area contributed by atoms with Crippen LogP contribution < -0.4 is 0 Å². The first-order chi connectivity index (χ1) is 21.5. The molecule has 6 nitrogen and oxygen atoms in total. The minimum Gasteiger partial charge on any atom is -0.744 e. The summed E-state index contributed by atoms with van der Waals surface area (Å²) in [5.74, 6) is 0.641. The number of carbonyl (C=O) groups excluding carboxylic acids is 1. The first-order valence-corrected chi connectivity index (χ1v) is 17.8. The van der Waals surface area contributed by atoms with E-state index in [-0.39, 0.29) is 22.8 Å². The van der Waals surface area contributed by atoms with E-state index in [1.165, 1.54) is 50.0 Å². The van der Waals surface area contributed by atoms with Gasteiger partial charge in [-0.2, -0.15) is 0 Å². The van der Waals surface area contributed by atoms with Crippen molar-refractivity contribution in [2.75, 3.05) is 26.2 Å². The second kappa shape index (κ2) is 14.1. The predicted molar refractivity (Wildman–Crippen MR) is 172 cm³/mol. The Bertz CT molecular complexity index is 1510. The maximum absolute atomic E-state index is 14.0. The van der Waals surface area contributed by atoms with Crippen LogP contribution in [0.5, 0.6) is 0 Å². The van der Waals surface area contributed by atoms with Crippen molar-refractivity contribution in [1.82, 2.24) is 0 Å². The number of hydrogen-bond acceptors (Lipinski definition) is 5. The van der Waals surface area contributed by atoms with Crippen LogP contribution in [0.3, 0.4) is 0 Å². The Balaban J connectivity index is 0.000000309. The summed E-state index contributed by atoms with van der Waals surface area (Å²) in [5, 5.41) is 0. The summed E-state index contributed by atoms with van der Waals surface area (Å²) < 4.78 is 52.0. The highest BCUT2D eigenvalue weighted by molar-refractivity contribution is 7.85. The van der Waals surface area contributed by atoms with Crippen LogP contribution in [0.4, 0.5) is 4.39 Å². The molecule has 3 aromatic rings. The zero-order valence-electron chi connectivity index (χ0n) is 26.5. The highest BCUT2D eigenvalue weighted by Crippen LogP contribution is 2.44. The van der Waals surface area contributed by atoms with E-state index in [1.54, 1.807) is 24.3 Å². The van der Waals surface area contributed by atoms with Gasteiger partial charge in [-0.15, -0.1) is 0 Å². The van der Waals surface area contributed by atoms with Gasteiger partial charge in [-0.1, -0.05) is 79.4 Å². The summed E-state index contributed by atoms with van der Waals surface area (Å²) in [7, 11) is -4.27. The van der Waals surface area contributed by atoms with Crippen LogP contribution in [-0.2, 0) is 31.5 Å². The Hall–Kier alpha value is -3.07. The molecule has 0 spiro atoms. The molecule has 0 N–H and O–H groups in total. The molecule has 45 heavy (non-hydrogen) atoms. The van der Waals surface area contributed by atoms with Crippen LogP contribution in [0.25, 0.3) is 0 Å². The second-order valence-corrected chi connectivity index (χ2v) is 14.9. The van der Waals surface area contributed by atoms with E-state index in [0.29, 0.717) is 11.8 Å². The van der Waals surface area contributed by atoms with E-state index < -0.39 is 15.5 Å². The molecule has 3 heterocycles. The smallest absolute Gasteiger partial charge is 0.317 e. The quantitative estimate of drug-likeness (QED) is 0.152. The Labute approximate surface area is 268 Å². The van der Waals surface area contributed by atoms with Gasteiger partial charge in [-0.25, -0.2) is 12.8 Å². The van der Waals surface area contributed by atoms with Crippen LogP contribution in [0, 0.1) is 24.6 Å². The molecule has 1 unspecified atom stereocenters. The molecule has 8 heteroatoms. The number of hydrogen-bond donors (Lipinski definition) is 0. The monoisotopic (exact) mass is 635 g/mol. The van der Waals surface area contributed by atoms with E-state index in [9.17, 15) is 22.2 Å². The topological polar surface area (TPSA) is 83.5 Å². The fraction of sp³-hybridized carbons (Fsp3) is 0.486. The average molecular weight is 636 g/mol. The van der Waals surface area contributed by atoms with Crippen LogP contribution in [-0.4, -0.2) is 55.7 Å². The highest BCUT2D eigenvalue weighted by atomic mass is 32.2. The molecule has 0 radical (unpaired) electrons. The number of halogens is 1. The maximum Gasteiger partial charge on any atom is 0.317 e. The summed E-state index contributed by atoms with van der Waals surface area (Å²) in [6, 6.07) is 23.0. The molecule has 3 aliphatic heterocycles. The first kappa shape index (κ1) is 33.3. The first-order valence-electron chi connectivity index (χ1n) is 16.4. The standard InChI is InChI=1S/C30H39FNO2.C7H8O3S/c1-30(25-8-4-2-5-9-25,26-10-6-3-7-11-26)29(33)34-28-22-32(20-17-24(28)18-21-32)19-16-23-12-14-27(31)15-13-23;1-6-2-4-7(5-3-6)11(8,9)10/h2,4-5,8-9,12-15,24,26,28H,3,6-7,10-11,16-22H2,1H3;2-5H,1H3,(H,8,9,10)/q+1;/p-1/t24?,28?,30-,32?;/m0./s1. The lowest BCUT2D eigenvalue weighted by molar-refractivity contribution is -0.946. The molecular formula is C37H46FNO5S. The van der Waals surface area contributed by atoms with Gasteiger partial charge in [0, 0.05) is 25.2 Å². The van der Waals surface area contributed by atoms with Gasteiger partial charge >= 0.3 is 5.97 Å². The Morgan fingerprint density at radius 3 is 2.13 bits per heavy atom. The Morgan fingerprint density at radius 1 is 0.911 bits per heavy atom. The molecule has 3 saturated heterocycles. The largest absolute Gasteiger partial charge is 0.744 e. The van der Waals surface area contributed by atoms with E-state index >= 15 is 0 Å². The predicted octanol–water partition coefficient (Wildman–Crippen LogP) is 6.96. The molecule has 4 fully saturated rings. The van der Waals surface area contributed by atoms with E-state index in [2.05, 4.69) is 19.1 Å². The number of benzene rings is 3. The van der Waals surface area contributed by atoms with Gasteiger partial charge in [-0.05, 0) is 68.0 Å². The van der Waals surface area contributed by atoms with Gasteiger partial charge in [0.2, 0.25) is 0 Å². The minimum absolute atomic E-state index is 0.00912. The molecule has 4 aliphatic rings. The van der Waals surface area contributed by atoms with Gasteiger partial charge in [-0.3, -0.25) is 4.79 Å². The number of esters is 1. The summed E-state index contributed by atoms with van der Waals surface area (Å²) in [4.78, 5) is 13.8. The number of aryl methyl sites for hydroxylation is 1. The van der Waals surface area contributed by atoms with Crippen molar-refractivity contribution in [3.05, 3.63) is 101 Å². The number of quaternary nitrogens is 1. The lowest BCUT2D eigenvalue weighted by Gasteiger charge is -2.52. The second-order valence-electron chi connectivity index (χ2n) is 13.5. The normalized spacial score (nSPS) is 24.6. The average Bonchev–Trinajstić information content (AvgIpc) is 3.05. The number of piperidine rings is 3. The molecule has 0 aromatic heterocycles. The van der Waals surface area contributed by atoms with Crippen molar-refractivity contribution >= 4 is 16.1 Å². The van der Waals surface area contributed by atoms with Gasteiger partial charge in [0.15, 0.2) is 6.10 Å². The third kappa shape index (κ3) is 8.02. The zero-order chi connectivity index (χ0) is 32.1. The lowest BCUT2D eigenvalue weighted by Crippen LogP contribution is -2.65. The van der Waals surface area contributed by atoms with Crippen LogP contribution in [0.1, 0.15) is 68.6 Å². The highest BCUT2D eigenvalue weighted by Gasteiger charge is 2.51. The molecule has 2 bridgehead atoms. The fourth-order valence-electron chi connectivity index (χ4n) is 7.64. The van der Waals surface area contributed by atoms with Gasteiger partial charge in [0.05, 0.1) is 29.9 Å². The molecule has 1 aliphatic carbocycles. The van der Waals surface area contributed by atoms with Crippen molar-refractivity contribution in [3.63, 3.8) is 0 Å². The third-order valence-electron chi connectivity index (χ3n) is 10.6. The molecular weight excluding hydrogens is 589 g/mol. The fourth-order valence-corrected chi connectivity index (χ4v) is 8.11. The summed E-state index contributed by atoms with van der Waals surface area (Å²) in [6.45, 7) is 8.25. The maximum atomic E-state index is 14.0. The summed E-state index contributed by atoms with van der Waals surface area (Å²) in [5.41, 5.74) is 2.64. The summed E-state index contributed by atoms with van der Waals surface area (Å²) in [6.07, 6.45) is 9.10. The van der Waals surface area contributed by atoms with Crippen LogP contribution in [0.2, 0.25) is 0 Å². The number of fused-ring (bicyclic) bond motifs is 3. The van der Waals surface area contributed by atoms with Crippen LogP contribution >= 0.6 is 0 Å². The number of carbonyl (C=O) groups is 1. The van der Waals surface area contributed by atoms with Gasteiger partial charge in [0.25, 0.3) is 0 Å². The third-order valence-corrected chi connectivity index (χ3v) is 11.5. The number of nitrogens with zero attached hydrogens (tertiary/aromatic N) is 1. The number of ether oxygens (including phenoxy) is 1. The van der Waals surface area contributed by atoms with E-state index in [1.807, 2.05) is 37.3 Å². The minimum atomic E-state index is -4.27. The van der Waals surface area contributed by atoms with E-state index in [4.69, 9.17) is 4.74 Å². The van der Waals surface area contributed by atoms with Crippen molar-refractivity contribution in [2.24, 2.45) is 11.8 Å². The van der Waals surface area contributed by atoms with Crippen molar-refractivity contribution in [1.29, 1.82) is 0 Å². The molecule has 0 amide bonds. The summed E-state index contributed by atoms with van der Waals surface area (Å²) >= 11 is 0. The molecule has 2 atom stereocenters. The zero-order valence-corrected chi connectivity index (χ0v) is 27.3. The molecule has 3 aromatic carbocycles. The van der Waals surface area contributed by atoms with Gasteiger partial charge < -0.3 is 13.8 Å². The van der Waals surface area contributed by atoms with Crippen molar-refractivity contribution in [2.45, 2.75) is 81.6 Å². The van der Waals surface area contributed by atoms with E-state index in [0.717, 1.165) is 60.8 Å². The Morgan fingerprint density at radius 2 is 1.53 bits per heavy atom. The van der Waals surface area contributed by atoms with Gasteiger partial charge in [0.1, 0.15) is 22.5 Å².